The van der Waals surface area contributed by atoms with Gasteiger partial charge >= 0.3 is 12.0 Å². The minimum Gasteiger partial charge on any atom is -0.480 e. The van der Waals surface area contributed by atoms with Gasteiger partial charge in [0.25, 0.3) is 0 Å². The van der Waals surface area contributed by atoms with E-state index in [0.29, 0.717) is 11.6 Å². The molecule has 0 saturated carbocycles. The van der Waals surface area contributed by atoms with Crippen LogP contribution in [0.3, 0.4) is 0 Å². The molecule has 0 aliphatic heterocycles. The quantitative estimate of drug-likeness (QED) is 0.270. The number of urea groups is 1. The van der Waals surface area contributed by atoms with E-state index < -0.39 is 48.5 Å². The number of hydrogen-bond donors (Lipinski definition) is 6. The highest BCUT2D eigenvalue weighted by Gasteiger charge is 2.31. The van der Waals surface area contributed by atoms with Crippen LogP contribution in [0, 0.1) is 11.8 Å². The van der Waals surface area contributed by atoms with Gasteiger partial charge in [-0.15, -0.1) is 0 Å². The lowest BCUT2D eigenvalue weighted by Gasteiger charge is -2.26. The summed E-state index contributed by atoms with van der Waals surface area (Å²) in [7, 11) is 0. The average Bonchev–Trinajstić information content (AvgIpc) is 2.74. The normalized spacial score (nSPS) is 13.8. The minimum atomic E-state index is -1.31. The van der Waals surface area contributed by atoms with Gasteiger partial charge < -0.3 is 31.5 Å². The fourth-order valence-corrected chi connectivity index (χ4v) is 3.21. The Labute approximate surface area is 200 Å². The van der Waals surface area contributed by atoms with Gasteiger partial charge in [-0.1, -0.05) is 53.7 Å². The SMILES string of the molecule is CC(C)C[C@H](NC(=O)[C@H](CO)NC(=O)Nc1ccc(C(C)C)cc1)C(=O)N[C@H](C(=O)O)C(C)C. The molecule has 10 nitrogen and oxygen atoms in total. The first-order valence-electron chi connectivity index (χ1n) is 11.5. The van der Waals surface area contributed by atoms with Gasteiger partial charge in [0, 0.05) is 5.69 Å². The van der Waals surface area contributed by atoms with Crippen molar-refractivity contribution in [3.05, 3.63) is 29.8 Å². The molecule has 0 radical (unpaired) electrons. The number of aliphatic carboxylic acids is 1. The van der Waals surface area contributed by atoms with E-state index in [9.17, 15) is 29.4 Å². The topological polar surface area (TPSA) is 157 Å². The van der Waals surface area contributed by atoms with Crippen molar-refractivity contribution >= 4 is 29.5 Å². The van der Waals surface area contributed by atoms with Crippen molar-refractivity contribution in [2.24, 2.45) is 11.8 Å². The van der Waals surface area contributed by atoms with E-state index in [1.165, 1.54) is 0 Å². The van der Waals surface area contributed by atoms with E-state index in [0.717, 1.165) is 5.56 Å². The molecule has 34 heavy (non-hydrogen) atoms. The largest absolute Gasteiger partial charge is 0.480 e. The van der Waals surface area contributed by atoms with Crippen molar-refractivity contribution in [1.29, 1.82) is 0 Å². The Hall–Kier alpha value is -3.14. The van der Waals surface area contributed by atoms with E-state index in [-0.39, 0.29) is 18.3 Å². The van der Waals surface area contributed by atoms with Crippen LogP contribution in [0.15, 0.2) is 24.3 Å². The molecule has 190 valence electrons. The summed E-state index contributed by atoms with van der Waals surface area (Å²) in [5.41, 5.74) is 1.63. The second-order valence-corrected chi connectivity index (χ2v) is 9.37. The van der Waals surface area contributed by atoms with Crippen molar-refractivity contribution < 1.29 is 29.4 Å². The van der Waals surface area contributed by atoms with Crippen molar-refractivity contribution in [2.45, 2.75) is 72.0 Å². The molecule has 1 aromatic rings. The van der Waals surface area contributed by atoms with Crippen LogP contribution in [0.25, 0.3) is 0 Å². The maximum atomic E-state index is 12.7. The third kappa shape index (κ3) is 9.38. The number of carboxylic acids is 1. The molecule has 0 aliphatic rings. The van der Waals surface area contributed by atoms with Gasteiger partial charge in [0.05, 0.1) is 6.61 Å². The van der Waals surface area contributed by atoms with Crippen molar-refractivity contribution in [1.82, 2.24) is 16.0 Å². The summed E-state index contributed by atoms with van der Waals surface area (Å²) in [5, 5.41) is 29.0. The van der Waals surface area contributed by atoms with E-state index in [1.807, 2.05) is 26.0 Å². The highest BCUT2D eigenvalue weighted by Crippen LogP contribution is 2.17. The fourth-order valence-electron chi connectivity index (χ4n) is 3.21. The molecule has 10 heteroatoms. The fraction of sp³-hybridized carbons (Fsp3) is 0.583. The predicted octanol–water partition coefficient (Wildman–Crippen LogP) is 2.05. The van der Waals surface area contributed by atoms with Gasteiger partial charge in [0.15, 0.2) is 0 Å². The maximum Gasteiger partial charge on any atom is 0.326 e. The Morgan fingerprint density at radius 1 is 0.824 bits per heavy atom. The van der Waals surface area contributed by atoms with E-state index in [1.54, 1.807) is 26.0 Å². The lowest BCUT2D eigenvalue weighted by molar-refractivity contribution is -0.143. The highest BCUT2D eigenvalue weighted by molar-refractivity contribution is 5.96. The van der Waals surface area contributed by atoms with E-state index in [4.69, 9.17) is 0 Å². The molecule has 4 amide bonds. The van der Waals surface area contributed by atoms with Crippen LogP contribution >= 0.6 is 0 Å². The number of benzene rings is 1. The van der Waals surface area contributed by atoms with Crippen LogP contribution in [-0.2, 0) is 14.4 Å². The highest BCUT2D eigenvalue weighted by atomic mass is 16.4. The molecule has 0 spiro atoms. The van der Waals surface area contributed by atoms with Crippen molar-refractivity contribution in [3.8, 4) is 0 Å². The molecule has 0 bridgehead atoms. The molecule has 0 aromatic heterocycles. The van der Waals surface area contributed by atoms with Gasteiger partial charge in [-0.25, -0.2) is 9.59 Å². The Balaban J connectivity index is 2.83. The molecule has 0 unspecified atom stereocenters. The van der Waals surface area contributed by atoms with E-state index >= 15 is 0 Å². The monoisotopic (exact) mass is 478 g/mol. The predicted molar refractivity (Wildman–Crippen MR) is 129 cm³/mol. The van der Waals surface area contributed by atoms with Gasteiger partial charge in [0.2, 0.25) is 11.8 Å². The summed E-state index contributed by atoms with van der Waals surface area (Å²) in [5.74, 6) is -2.59. The lowest BCUT2D eigenvalue weighted by atomic mass is 10.00. The van der Waals surface area contributed by atoms with Crippen LogP contribution in [0.2, 0.25) is 0 Å². The Bertz CT molecular complexity index is 838. The summed E-state index contributed by atoms with van der Waals surface area (Å²) in [6, 6.07) is 3.09. The van der Waals surface area contributed by atoms with Crippen molar-refractivity contribution in [3.63, 3.8) is 0 Å². The molecule has 0 aliphatic carbocycles. The van der Waals surface area contributed by atoms with Crippen LogP contribution in [-0.4, -0.2) is 58.8 Å². The molecule has 3 atom stereocenters. The number of carbonyl (C=O) groups is 4. The lowest BCUT2D eigenvalue weighted by Crippen LogP contribution is -2.57. The molecular formula is C24H38N4O6. The Kier molecular flexibility index (Phi) is 11.5. The zero-order valence-electron chi connectivity index (χ0n) is 20.7. The first kappa shape index (κ1) is 28.9. The Morgan fingerprint density at radius 2 is 1.38 bits per heavy atom. The molecule has 1 rings (SSSR count). The average molecular weight is 479 g/mol. The minimum absolute atomic E-state index is 0.0102. The van der Waals surface area contributed by atoms with Crippen LogP contribution < -0.4 is 21.3 Å². The zero-order valence-corrected chi connectivity index (χ0v) is 20.7. The first-order chi connectivity index (χ1) is 15.8. The van der Waals surface area contributed by atoms with Gasteiger partial charge in [-0.05, 0) is 41.9 Å². The smallest absolute Gasteiger partial charge is 0.326 e. The Morgan fingerprint density at radius 3 is 1.82 bits per heavy atom. The van der Waals surface area contributed by atoms with Gasteiger partial charge in [0.1, 0.15) is 18.1 Å². The standard InChI is InChI=1S/C24H38N4O6/c1-13(2)11-18(21(30)28-20(15(5)6)23(32)33)26-22(31)19(12-29)27-24(34)25-17-9-7-16(8-10-17)14(3)4/h7-10,13-15,18-20,29H,11-12H2,1-6H3,(H,26,31)(H,28,30)(H,32,33)(H2,25,27,34)/t18-,19-,20-/m0/s1. The zero-order chi connectivity index (χ0) is 26.0. The number of rotatable bonds is 12. The summed E-state index contributed by atoms with van der Waals surface area (Å²) in [4.78, 5) is 49.2. The number of carboxylic acid groups (broad SMARTS) is 1. The third-order valence-corrected chi connectivity index (χ3v) is 5.21. The number of hydrogen-bond acceptors (Lipinski definition) is 5. The number of carbonyl (C=O) groups excluding carboxylic acids is 3. The molecule has 6 N–H and O–H groups in total. The third-order valence-electron chi connectivity index (χ3n) is 5.21. The number of nitrogens with one attached hydrogen (secondary N) is 4. The van der Waals surface area contributed by atoms with Crippen LogP contribution in [0.5, 0.6) is 0 Å². The van der Waals surface area contributed by atoms with E-state index in [2.05, 4.69) is 35.1 Å². The molecule has 0 heterocycles. The summed E-state index contributed by atoms with van der Waals surface area (Å²) >= 11 is 0. The summed E-state index contributed by atoms with van der Waals surface area (Å²) in [6.07, 6.45) is 0.245. The number of aliphatic hydroxyl groups is 1. The number of anilines is 1. The van der Waals surface area contributed by atoms with Crippen LogP contribution in [0.4, 0.5) is 10.5 Å². The first-order valence-corrected chi connectivity index (χ1v) is 11.5. The van der Waals surface area contributed by atoms with Gasteiger partial charge in [-0.3, -0.25) is 9.59 Å². The maximum absolute atomic E-state index is 12.7. The molecule has 0 saturated heterocycles. The van der Waals surface area contributed by atoms with Crippen LogP contribution in [0.1, 0.15) is 59.4 Å². The second kappa shape index (κ2) is 13.5. The number of amides is 4. The molecule has 1 aromatic carbocycles. The second-order valence-electron chi connectivity index (χ2n) is 9.37. The van der Waals surface area contributed by atoms with Crippen molar-refractivity contribution in [2.75, 3.05) is 11.9 Å². The number of aliphatic hydroxyl groups excluding tert-OH is 1. The summed E-state index contributed by atoms with van der Waals surface area (Å²) < 4.78 is 0. The van der Waals surface area contributed by atoms with Gasteiger partial charge in [-0.2, -0.15) is 0 Å². The molecular weight excluding hydrogens is 440 g/mol. The molecule has 0 fully saturated rings. The summed E-state index contributed by atoms with van der Waals surface area (Å²) in [6.45, 7) is 10.4.